The molecule has 0 saturated carbocycles. The van der Waals surface area contributed by atoms with Crippen molar-refractivity contribution in [3.8, 4) is 6.07 Å². The Bertz CT molecular complexity index is 927. The van der Waals surface area contributed by atoms with Crippen molar-refractivity contribution in [2.24, 2.45) is 0 Å². The molecule has 0 heterocycles. The summed E-state index contributed by atoms with van der Waals surface area (Å²) in [6.07, 6.45) is -0.916. The molecular weight excluding hydrogens is 464 g/mol. The maximum atomic E-state index is 12.5. The summed E-state index contributed by atoms with van der Waals surface area (Å²) in [5.41, 5.74) is 6.14. The van der Waals surface area contributed by atoms with Gasteiger partial charge in [0.2, 0.25) is 0 Å². The first kappa shape index (κ1) is 22.3. The first-order valence-corrected chi connectivity index (χ1v) is 11.3. The summed E-state index contributed by atoms with van der Waals surface area (Å²) >= 11 is 10.8. The van der Waals surface area contributed by atoms with Crippen LogP contribution in [-0.4, -0.2) is 38.8 Å². The van der Waals surface area contributed by atoms with Crippen molar-refractivity contribution in [2.45, 2.75) is 24.7 Å². The summed E-state index contributed by atoms with van der Waals surface area (Å²) < 4.78 is 0.155. The quantitative estimate of drug-likeness (QED) is 0.448. The fourth-order valence-corrected chi connectivity index (χ4v) is 5.60. The number of rotatable bonds is 5. The van der Waals surface area contributed by atoms with E-state index >= 15 is 0 Å². The van der Waals surface area contributed by atoms with Crippen LogP contribution in [0.5, 0.6) is 0 Å². The third-order valence-corrected chi connectivity index (χ3v) is 8.73. The zero-order chi connectivity index (χ0) is 20.8. The standard InChI is InChI=1S/C19H18AsCl2N3O3/c1-10-15(8-5-13(9-23)17(10)22)20-16(11(2)26)19(28)25-24-18(27)12-3-6-14(21)7-4-12/h3-8,11,16,20,26H,1-2H3,(H,24,27)(H,25,28)/t11-,16+/m0/s1. The number of amides is 2. The van der Waals surface area contributed by atoms with E-state index < -0.39 is 38.4 Å². The van der Waals surface area contributed by atoms with Crippen molar-refractivity contribution < 1.29 is 14.7 Å². The van der Waals surface area contributed by atoms with Gasteiger partial charge in [0.25, 0.3) is 0 Å². The fourth-order valence-electron chi connectivity index (χ4n) is 2.37. The molecule has 2 rings (SSSR count). The number of hydrazine groups is 1. The summed E-state index contributed by atoms with van der Waals surface area (Å²) in [7, 11) is 0. The number of hydrogen-bond acceptors (Lipinski definition) is 4. The number of carbonyl (C=O) groups is 2. The number of nitrogens with zero attached hydrogens (tertiary/aromatic N) is 1. The Hall–Kier alpha value is -2.03. The molecule has 3 N–H and O–H groups in total. The van der Waals surface area contributed by atoms with Gasteiger partial charge in [-0.1, -0.05) is 0 Å². The van der Waals surface area contributed by atoms with Crippen LogP contribution in [0.1, 0.15) is 28.4 Å². The third kappa shape index (κ3) is 5.50. The van der Waals surface area contributed by atoms with E-state index in [1.54, 1.807) is 31.2 Å². The van der Waals surface area contributed by atoms with E-state index in [9.17, 15) is 14.7 Å². The van der Waals surface area contributed by atoms with Crippen molar-refractivity contribution in [1.29, 1.82) is 5.26 Å². The van der Waals surface area contributed by atoms with Crippen LogP contribution in [-0.2, 0) is 4.79 Å². The number of carbonyl (C=O) groups excluding carboxylic acids is 2. The molecule has 6 nitrogen and oxygen atoms in total. The maximum absolute atomic E-state index is 12.5. The van der Waals surface area contributed by atoms with Gasteiger partial charge in [0, 0.05) is 0 Å². The molecule has 1 unspecified atom stereocenters. The van der Waals surface area contributed by atoms with E-state index in [1.807, 2.05) is 6.07 Å². The van der Waals surface area contributed by atoms with E-state index in [0.29, 0.717) is 21.2 Å². The molecule has 3 atom stereocenters. The first-order valence-electron chi connectivity index (χ1n) is 8.24. The van der Waals surface area contributed by atoms with Gasteiger partial charge >= 0.3 is 180 Å². The van der Waals surface area contributed by atoms with Gasteiger partial charge in [0.15, 0.2) is 0 Å². The van der Waals surface area contributed by atoms with Gasteiger partial charge in [-0.15, -0.1) is 0 Å². The van der Waals surface area contributed by atoms with Gasteiger partial charge in [-0.2, -0.15) is 0 Å². The van der Waals surface area contributed by atoms with Crippen LogP contribution in [0.4, 0.5) is 0 Å². The third-order valence-electron chi connectivity index (χ3n) is 3.99. The van der Waals surface area contributed by atoms with Crippen molar-refractivity contribution in [3.05, 3.63) is 63.1 Å². The second-order valence-electron chi connectivity index (χ2n) is 6.02. The summed E-state index contributed by atoms with van der Waals surface area (Å²) in [4.78, 5) is 24.6. The van der Waals surface area contributed by atoms with Crippen LogP contribution < -0.4 is 15.2 Å². The van der Waals surface area contributed by atoms with Crippen LogP contribution in [0, 0.1) is 18.3 Å². The molecule has 0 radical (unpaired) electrons. The second kappa shape index (κ2) is 9.95. The summed E-state index contributed by atoms with van der Waals surface area (Å²) in [6.45, 7) is 3.30. The Morgan fingerprint density at radius 2 is 1.79 bits per heavy atom. The van der Waals surface area contributed by atoms with Gasteiger partial charge in [0.05, 0.1) is 0 Å². The molecule has 0 aliphatic rings. The summed E-state index contributed by atoms with van der Waals surface area (Å²) in [6, 6.07) is 11.6. The predicted molar refractivity (Wildman–Crippen MR) is 110 cm³/mol. The Kier molecular flexibility index (Phi) is 7.91. The van der Waals surface area contributed by atoms with Crippen LogP contribution in [0.3, 0.4) is 0 Å². The zero-order valence-corrected chi connectivity index (χ0v) is 18.7. The van der Waals surface area contributed by atoms with Gasteiger partial charge < -0.3 is 0 Å². The molecule has 0 fully saturated rings. The van der Waals surface area contributed by atoms with Crippen LogP contribution >= 0.6 is 23.2 Å². The molecule has 0 saturated heterocycles. The molecule has 0 aromatic heterocycles. The first-order chi connectivity index (χ1) is 13.2. The van der Waals surface area contributed by atoms with E-state index in [1.165, 1.54) is 19.1 Å². The monoisotopic (exact) mass is 481 g/mol. The average Bonchev–Trinajstić information content (AvgIpc) is 2.67. The summed E-state index contributed by atoms with van der Waals surface area (Å²) in [5.74, 6) is -0.982. The van der Waals surface area contributed by atoms with Crippen molar-refractivity contribution in [1.82, 2.24) is 10.9 Å². The molecule has 0 aliphatic carbocycles. The summed E-state index contributed by atoms with van der Waals surface area (Å²) in [5, 5.41) is 20.0. The van der Waals surface area contributed by atoms with E-state index in [0.717, 1.165) is 9.91 Å². The number of nitrogens with one attached hydrogen (secondary N) is 2. The van der Waals surface area contributed by atoms with Crippen LogP contribution in [0.25, 0.3) is 0 Å². The molecule has 0 aliphatic heterocycles. The van der Waals surface area contributed by atoms with Gasteiger partial charge in [0.1, 0.15) is 0 Å². The molecule has 2 aromatic carbocycles. The normalized spacial score (nSPS) is 13.0. The predicted octanol–water partition coefficient (Wildman–Crippen LogP) is 1.87. The zero-order valence-electron chi connectivity index (χ0n) is 15.1. The van der Waals surface area contributed by atoms with E-state index in [-0.39, 0.29) is 0 Å². The van der Waals surface area contributed by atoms with Crippen LogP contribution in [0.15, 0.2) is 36.4 Å². The van der Waals surface area contributed by atoms with Crippen molar-refractivity contribution in [2.75, 3.05) is 0 Å². The number of aliphatic hydroxyl groups is 1. The Labute approximate surface area is 179 Å². The second-order valence-corrected chi connectivity index (χ2v) is 9.88. The Morgan fingerprint density at radius 3 is 2.36 bits per heavy atom. The minimum absolute atomic E-state index is 0.337. The fraction of sp³-hybridized carbons (Fsp3) is 0.211. The topological polar surface area (TPSA) is 102 Å². The number of hydrogen-bond donors (Lipinski definition) is 3. The van der Waals surface area contributed by atoms with E-state index in [4.69, 9.17) is 28.5 Å². The molecule has 0 bridgehead atoms. The number of nitriles is 1. The Balaban J connectivity index is 2.08. The molecular formula is C19H18AsCl2N3O3. The number of aliphatic hydroxyl groups excluding tert-OH is 1. The van der Waals surface area contributed by atoms with Crippen molar-refractivity contribution in [3.63, 3.8) is 0 Å². The van der Waals surface area contributed by atoms with Crippen LogP contribution in [0.2, 0.25) is 14.8 Å². The van der Waals surface area contributed by atoms with Gasteiger partial charge in [-0.3, -0.25) is 0 Å². The molecule has 9 heteroatoms. The molecule has 0 spiro atoms. The number of halogens is 2. The Morgan fingerprint density at radius 1 is 1.14 bits per heavy atom. The van der Waals surface area contributed by atoms with Gasteiger partial charge in [-0.05, 0) is 0 Å². The molecule has 2 amide bonds. The molecule has 146 valence electrons. The SMILES string of the molecule is Cc1c([AsH][C@@H](C(=O)NNC(=O)c2ccc(Cl)cc2)[C@H](C)O)ccc(C#N)c1Cl. The average molecular weight is 482 g/mol. The van der Waals surface area contributed by atoms with E-state index in [2.05, 4.69) is 10.9 Å². The number of benzene rings is 2. The molecule has 2 aromatic rings. The molecule has 28 heavy (non-hydrogen) atoms. The van der Waals surface area contributed by atoms with Crippen molar-refractivity contribution >= 4 is 55.1 Å². The van der Waals surface area contributed by atoms with Gasteiger partial charge in [-0.25, -0.2) is 0 Å². The minimum atomic E-state index is -1.15.